The molecule has 2 aromatic rings. The number of anilines is 1. The Hall–Kier alpha value is -2.47. The molecule has 0 fully saturated rings. The van der Waals surface area contributed by atoms with Gasteiger partial charge in [0.2, 0.25) is 0 Å². The van der Waals surface area contributed by atoms with Crippen LogP contribution in [0.2, 0.25) is 0 Å². The van der Waals surface area contributed by atoms with E-state index in [1.54, 1.807) is 13.2 Å². The molecule has 1 aliphatic rings. The zero-order valence-corrected chi connectivity index (χ0v) is 14.2. The number of urea groups is 1. The topological polar surface area (TPSA) is 76.1 Å². The summed E-state index contributed by atoms with van der Waals surface area (Å²) in [7, 11) is 1.60. The number of hydrogen-bond acceptors (Lipinski definition) is 4. The van der Waals surface area contributed by atoms with Crippen molar-refractivity contribution < 1.29 is 9.53 Å². The van der Waals surface area contributed by atoms with E-state index in [0.717, 1.165) is 12.1 Å². The van der Waals surface area contributed by atoms with Gasteiger partial charge in [0.15, 0.2) is 0 Å². The van der Waals surface area contributed by atoms with Gasteiger partial charge in [-0.25, -0.2) is 14.8 Å². The largest absolute Gasteiger partial charge is 0.378 e. The number of nitrogens with zero attached hydrogens (tertiary/aromatic N) is 2. The van der Waals surface area contributed by atoms with E-state index >= 15 is 0 Å². The van der Waals surface area contributed by atoms with Crippen LogP contribution in [0.1, 0.15) is 35.3 Å². The lowest BCUT2D eigenvalue weighted by atomic mass is 10.0. The third-order valence-electron chi connectivity index (χ3n) is 4.29. The van der Waals surface area contributed by atoms with Gasteiger partial charge in [0.1, 0.15) is 12.1 Å². The molecule has 1 aliphatic carbocycles. The van der Waals surface area contributed by atoms with Crippen molar-refractivity contribution in [3.05, 3.63) is 53.0 Å². The van der Waals surface area contributed by atoms with Crippen molar-refractivity contribution >= 4 is 11.8 Å². The van der Waals surface area contributed by atoms with E-state index in [-0.39, 0.29) is 12.1 Å². The summed E-state index contributed by atoms with van der Waals surface area (Å²) < 4.78 is 5.04. The molecule has 1 heterocycles. The van der Waals surface area contributed by atoms with Crippen LogP contribution in [0.4, 0.5) is 10.6 Å². The monoisotopic (exact) mass is 326 g/mol. The molecule has 126 valence electrons. The summed E-state index contributed by atoms with van der Waals surface area (Å²) >= 11 is 0. The molecular weight excluding hydrogens is 304 g/mol. The van der Waals surface area contributed by atoms with Gasteiger partial charge in [-0.3, -0.25) is 5.32 Å². The van der Waals surface area contributed by atoms with E-state index in [4.69, 9.17) is 4.74 Å². The highest BCUT2D eigenvalue weighted by Gasteiger charge is 2.30. The van der Waals surface area contributed by atoms with Gasteiger partial charge in [-0.05, 0) is 30.4 Å². The molecule has 1 aromatic heterocycles. The standard InChI is InChI=1S/C18H22N4O2/c1-11-4-5-13-7-12(2)17(15(13)6-11)22-18(23)21-16-8-14(9-24-3)19-10-20-16/h4-6,8,10,12,17H,7,9H2,1-3H3,(H2,19,20,21,22,23). The Kier molecular flexibility index (Phi) is 4.76. The van der Waals surface area contributed by atoms with E-state index in [9.17, 15) is 4.79 Å². The first-order valence-corrected chi connectivity index (χ1v) is 8.03. The summed E-state index contributed by atoms with van der Waals surface area (Å²) in [6, 6.07) is 7.89. The van der Waals surface area contributed by atoms with Crippen LogP contribution >= 0.6 is 0 Å². The SMILES string of the molecule is COCc1cc(NC(=O)NC2c3cc(C)ccc3CC2C)ncn1. The van der Waals surface area contributed by atoms with E-state index in [2.05, 4.69) is 52.6 Å². The van der Waals surface area contributed by atoms with Crippen molar-refractivity contribution in [2.45, 2.75) is 32.9 Å². The lowest BCUT2D eigenvalue weighted by molar-refractivity contribution is 0.181. The summed E-state index contributed by atoms with van der Waals surface area (Å²) in [6.45, 7) is 4.60. The third-order valence-corrected chi connectivity index (χ3v) is 4.29. The second kappa shape index (κ2) is 6.97. The number of rotatable bonds is 4. The Balaban J connectivity index is 1.69. The van der Waals surface area contributed by atoms with Crippen LogP contribution in [-0.2, 0) is 17.8 Å². The highest BCUT2D eigenvalue weighted by atomic mass is 16.5. The zero-order valence-electron chi connectivity index (χ0n) is 14.2. The van der Waals surface area contributed by atoms with Crippen molar-refractivity contribution in [1.82, 2.24) is 15.3 Å². The van der Waals surface area contributed by atoms with Crippen LogP contribution in [0.15, 0.2) is 30.6 Å². The molecule has 2 N–H and O–H groups in total. The van der Waals surface area contributed by atoms with Crippen LogP contribution in [0.5, 0.6) is 0 Å². The van der Waals surface area contributed by atoms with Crippen LogP contribution < -0.4 is 10.6 Å². The molecule has 2 unspecified atom stereocenters. The van der Waals surface area contributed by atoms with E-state index in [0.29, 0.717) is 18.3 Å². The summed E-state index contributed by atoms with van der Waals surface area (Å²) in [5.41, 5.74) is 4.44. The predicted octanol–water partition coefficient (Wildman–Crippen LogP) is 2.99. The summed E-state index contributed by atoms with van der Waals surface area (Å²) in [4.78, 5) is 20.5. The van der Waals surface area contributed by atoms with E-state index in [1.807, 2.05) is 0 Å². The number of benzene rings is 1. The first-order chi connectivity index (χ1) is 11.6. The molecule has 3 rings (SSSR count). The van der Waals surface area contributed by atoms with Gasteiger partial charge in [-0.1, -0.05) is 30.7 Å². The minimum Gasteiger partial charge on any atom is -0.378 e. The number of carbonyl (C=O) groups excluding carboxylic acids is 1. The number of hydrogen-bond donors (Lipinski definition) is 2. The van der Waals surface area contributed by atoms with E-state index < -0.39 is 0 Å². The summed E-state index contributed by atoms with van der Waals surface area (Å²) in [5.74, 6) is 0.826. The molecule has 0 aliphatic heterocycles. The maximum absolute atomic E-state index is 12.4. The fourth-order valence-corrected chi connectivity index (χ4v) is 3.17. The van der Waals surface area contributed by atoms with Gasteiger partial charge < -0.3 is 10.1 Å². The van der Waals surface area contributed by atoms with Gasteiger partial charge in [-0.2, -0.15) is 0 Å². The number of nitrogens with one attached hydrogen (secondary N) is 2. The van der Waals surface area contributed by atoms with Crippen LogP contribution in [0.25, 0.3) is 0 Å². The molecule has 6 nitrogen and oxygen atoms in total. The van der Waals surface area contributed by atoms with Crippen molar-refractivity contribution in [3.63, 3.8) is 0 Å². The Labute approximate surface area is 141 Å². The van der Waals surface area contributed by atoms with Gasteiger partial charge in [0, 0.05) is 13.2 Å². The summed E-state index contributed by atoms with van der Waals surface area (Å²) in [6.07, 6.45) is 2.40. The Bertz CT molecular complexity index is 748. The molecule has 24 heavy (non-hydrogen) atoms. The van der Waals surface area contributed by atoms with Gasteiger partial charge in [0.25, 0.3) is 0 Å². The Morgan fingerprint density at radius 1 is 1.33 bits per heavy atom. The third kappa shape index (κ3) is 3.54. The highest BCUT2D eigenvalue weighted by Crippen LogP contribution is 2.36. The molecule has 0 spiro atoms. The molecule has 6 heteroatoms. The second-order valence-corrected chi connectivity index (χ2v) is 6.29. The van der Waals surface area contributed by atoms with Crippen molar-refractivity contribution in [1.29, 1.82) is 0 Å². The maximum Gasteiger partial charge on any atom is 0.320 e. The predicted molar refractivity (Wildman–Crippen MR) is 91.7 cm³/mol. The first-order valence-electron chi connectivity index (χ1n) is 8.03. The molecular formula is C18H22N4O2. The average molecular weight is 326 g/mol. The Morgan fingerprint density at radius 3 is 2.96 bits per heavy atom. The van der Waals surface area contributed by atoms with Crippen LogP contribution in [0, 0.1) is 12.8 Å². The number of amides is 2. The summed E-state index contributed by atoms with van der Waals surface area (Å²) in [5, 5.41) is 5.85. The normalized spacial score (nSPS) is 19.0. The Morgan fingerprint density at radius 2 is 2.17 bits per heavy atom. The van der Waals surface area contributed by atoms with Crippen LogP contribution in [-0.4, -0.2) is 23.1 Å². The molecule has 2 atom stereocenters. The molecule has 2 amide bonds. The van der Waals surface area contributed by atoms with Crippen molar-refractivity contribution in [3.8, 4) is 0 Å². The number of aromatic nitrogens is 2. The number of fused-ring (bicyclic) bond motifs is 1. The number of ether oxygens (including phenoxy) is 1. The van der Waals surface area contributed by atoms with Gasteiger partial charge in [-0.15, -0.1) is 0 Å². The lowest BCUT2D eigenvalue weighted by Crippen LogP contribution is -2.34. The molecule has 0 radical (unpaired) electrons. The molecule has 0 saturated heterocycles. The fourth-order valence-electron chi connectivity index (χ4n) is 3.17. The minimum absolute atomic E-state index is 0.0141. The smallest absolute Gasteiger partial charge is 0.320 e. The average Bonchev–Trinajstić information content (AvgIpc) is 2.84. The van der Waals surface area contributed by atoms with Crippen molar-refractivity contribution in [2.75, 3.05) is 12.4 Å². The maximum atomic E-state index is 12.4. The first kappa shape index (κ1) is 16.4. The molecule has 0 saturated carbocycles. The number of aryl methyl sites for hydroxylation is 1. The second-order valence-electron chi connectivity index (χ2n) is 6.29. The van der Waals surface area contributed by atoms with Crippen molar-refractivity contribution in [2.24, 2.45) is 5.92 Å². The van der Waals surface area contributed by atoms with E-state index in [1.165, 1.54) is 23.0 Å². The number of methoxy groups -OCH3 is 1. The minimum atomic E-state index is -0.261. The fraction of sp³-hybridized carbons (Fsp3) is 0.389. The lowest BCUT2D eigenvalue weighted by Gasteiger charge is -2.19. The number of carbonyl (C=O) groups is 1. The van der Waals surface area contributed by atoms with Gasteiger partial charge in [0.05, 0.1) is 18.3 Å². The molecule has 0 bridgehead atoms. The van der Waals surface area contributed by atoms with Gasteiger partial charge >= 0.3 is 6.03 Å². The zero-order chi connectivity index (χ0) is 17.1. The quantitative estimate of drug-likeness (QED) is 0.905. The van der Waals surface area contributed by atoms with Crippen LogP contribution in [0.3, 0.4) is 0 Å². The molecule has 1 aromatic carbocycles. The highest BCUT2D eigenvalue weighted by molar-refractivity contribution is 5.88.